The fourth-order valence-electron chi connectivity index (χ4n) is 3.41. The van der Waals surface area contributed by atoms with Gasteiger partial charge in [0.2, 0.25) is 0 Å². The second-order valence-electron chi connectivity index (χ2n) is 6.94. The monoisotopic (exact) mass is 461 g/mol. The van der Waals surface area contributed by atoms with E-state index in [1.54, 1.807) is 24.1 Å². The fraction of sp³-hybridized carbons (Fsp3) is 0.286. The largest absolute Gasteiger partial charge is 0.497 e. The Labute approximate surface area is 189 Å². The molecule has 0 spiro atoms. The van der Waals surface area contributed by atoms with Crippen LogP contribution in [-0.2, 0) is 0 Å². The number of piperazine rings is 1. The third kappa shape index (κ3) is 4.55. The van der Waals surface area contributed by atoms with E-state index in [1.807, 2.05) is 24.3 Å². The third-order valence-electron chi connectivity index (χ3n) is 5.08. The van der Waals surface area contributed by atoms with Crippen molar-refractivity contribution >= 4 is 51.8 Å². The van der Waals surface area contributed by atoms with Crippen molar-refractivity contribution in [1.29, 1.82) is 0 Å². The summed E-state index contributed by atoms with van der Waals surface area (Å²) in [4.78, 5) is 25.6. The van der Waals surface area contributed by atoms with Crippen LogP contribution in [0.5, 0.6) is 11.6 Å². The zero-order valence-electron chi connectivity index (χ0n) is 17.1. The van der Waals surface area contributed by atoms with Gasteiger partial charge in [0.05, 0.1) is 35.3 Å². The Hall–Kier alpha value is -2.97. The van der Waals surface area contributed by atoms with Gasteiger partial charge in [-0.3, -0.25) is 5.32 Å². The molecule has 0 aliphatic carbocycles. The number of halogens is 2. The molecule has 8 nitrogen and oxygen atoms in total. The van der Waals surface area contributed by atoms with E-state index < -0.39 is 0 Å². The van der Waals surface area contributed by atoms with Crippen LogP contribution < -0.4 is 19.7 Å². The van der Waals surface area contributed by atoms with Gasteiger partial charge in [0.25, 0.3) is 5.88 Å². The molecule has 0 unspecified atom stereocenters. The molecule has 1 aromatic heterocycles. The smallest absolute Gasteiger partial charge is 0.323 e. The fourth-order valence-corrected chi connectivity index (χ4v) is 3.73. The Morgan fingerprint density at radius 1 is 0.968 bits per heavy atom. The Bertz CT molecular complexity index is 1120. The molecule has 1 fully saturated rings. The van der Waals surface area contributed by atoms with Gasteiger partial charge in [0, 0.05) is 37.9 Å². The minimum absolute atomic E-state index is 0.203. The van der Waals surface area contributed by atoms with E-state index in [2.05, 4.69) is 20.2 Å². The number of hydrogen-bond donors (Lipinski definition) is 1. The maximum Gasteiger partial charge on any atom is 0.323 e. The molecular weight excluding hydrogens is 441 g/mol. The van der Waals surface area contributed by atoms with Crippen LogP contribution >= 0.6 is 23.2 Å². The summed E-state index contributed by atoms with van der Waals surface area (Å²) in [5.41, 5.74) is 2.10. The van der Waals surface area contributed by atoms with Crippen molar-refractivity contribution in [3.63, 3.8) is 0 Å². The molecule has 162 valence electrons. The molecule has 2 amide bonds. The molecule has 4 rings (SSSR count). The lowest BCUT2D eigenvalue weighted by Gasteiger charge is -2.36. The molecule has 1 aliphatic rings. The van der Waals surface area contributed by atoms with Crippen LogP contribution in [0.4, 0.5) is 16.3 Å². The summed E-state index contributed by atoms with van der Waals surface area (Å²) in [7, 11) is 3.11. The van der Waals surface area contributed by atoms with Gasteiger partial charge in [0.1, 0.15) is 5.75 Å². The highest BCUT2D eigenvalue weighted by atomic mass is 35.5. The zero-order chi connectivity index (χ0) is 22.0. The summed E-state index contributed by atoms with van der Waals surface area (Å²) in [6.07, 6.45) is 0. The number of anilines is 2. The van der Waals surface area contributed by atoms with E-state index in [-0.39, 0.29) is 17.7 Å². The number of aromatic nitrogens is 2. The molecule has 0 saturated carbocycles. The number of rotatable bonds is 4. The van der Waals surface area contributed by atoms with Gasteiger partial charge in [-0.05, 0) is 24.3 Å². The highest BCUT2D eigenvalue weighted by molar-refractivity contribution is 6.42. The quantitative estimate of drug-likeness (QED) is 0.623. The minimum atomic E-state index is -0.266. The summed E-state index contributed by atoms with van der Waals surface area (Å²) < 4.78 is 10.6. The number of benzene rings is 2. The number of urea groups is 1. The Morgan fingerprint density at radius 2 is 1.65 bits per heavy atom. The zero-order valence-corrected chi connectivity index (χ0v) is 18.6. The van der Waals surface area contributed by atoms with Crippen LogP contribution in [0.3, 0.4) is 0 Å². The molecular formula is C21H21Cl2N5O3. The molecule has 1 aliphatic heterocycles. The number of fused-ring (bicyclic) bond motifs is 1. The number of carbonyl (C=O) groups excluding carboxylic acids is 1. The average Bonchev–Trinajstić information content (AvgIpc) is 2.80. The van der Waals surface area contributed by atoms with E-state index in [0.717, 1.165) is 11.4 Å². The van der Waals surface area contributed by atoms with Gasteiger partial charge in [-0.2, -0.15) is 0 Å². The van der Waals surface area contributed by atoms with Gasteiger partial charge in [-0.25, -0.2) is 14.8 Å². The molecule has 1 N–H and O–H groups in total. The van der Waals surface area contributed by atoms with Gasteiger partial charge in [-0.1, -0.05) is 29.3 Å². The number of carbonyl (C=O) groups is 1. The number of methoxy groups -OCH3 is 2. The molecule has 2 aromatic carbocycles. The normalized spacial score (nSPS) is 13.9. The maximum atomic E-state index is 12.8. The first-order valence-electron chi connectivity index (χ1n) is 9.64. The topological polar surface area (TPSA) is 79.8 Å². The SMILES string of the molecule is COc1cccc(N2CCN(C(=O)Nc3nc4cc(Cl)c(Cl)cc4nc3OC)CC2)c1. The first kappa shape index (κ1) is 21.3. The van der Waals surface area contributed by atoms with Crippen molar-refractivity contribution in [1.82, 2.24) is 14.9 Å². The highest BCUT2D eigenvalue weighted by Gasteiger charge is 2.23. The Balaban J connectivity index is 1.46. The molecule has 10 heteroatoms. The van der Waals surface area contributed by atoms with Crippen LogP contribution in [0.25, 0.3) is 11.0 Å². The number of nitrogens with zero attached hydrogens (tertiary/aromatic N) is 4. The van der Waals surface area contributed by atoms with Crippen LogP contribution in [0.2, 0.25) is 10.0 Å². The van der Waals surface area contributed by atoms with E-state index in [9.17, 15) is 4.79 Å². The lowest BCUT2D eigenvalue weighted by molar-refractivity contribution is 0.208. The minimum Gasteiger partial charge on any atom is -0.497 e. The molecule has 31 heavy (non-hydrogen) atoms. The van der Waals surface area contributed by atoms with E-state index in [1.165, 1.54) is 7.11 Å². The molecule has 1 saturated heterocycles. The van der Waals surface area contributed by atoms with Crippen LogP contribution in [0, 0.1) is 0 Å². The average molecular weight is 462 g/mol. The Morgan fingerprint density at radius 3 is 2.29 bits per heavy atom. The first-order valence-corrected chi connectivity index (χ1v) is 10.4. The number of ether oxygens (including phenoxy) is 2. The van der Waals surface area contributed by atoms with Crippen LogP contribution in [-0.4, -0.2) is 61.3 Å². The third-order valence-corrected chi connectivity index (χ3v) is 5.80. The van der Waals surface area contributed by atoms with E-state index in [4.69, 9.17) is 32.7 Å². The van der Waals surface area contributed by atoms with Crippen LogP contribution in [0.1, 0.15) is 0 Å². The summed E-state index contributed by atoms with van der Waals surface area (Å²) in [6.45, 7) is 2.53. The predicted molar refractivity (Wildman–Crippen MR) is 122 cm³/mol. The van der Waals surface area contributed by atoms with Crippen molar-refractivity contribution in [2.45, 2.75) is 0 Å². The van der Waals surface area contributed by atoms with Crippen molar-refractivity contribution in [2.75, 3.05) is 50.6 Å². The predicted octanol–water partition coefficient (Wildman–Crippen LogP) is 4.31. The number of amides is 2. The lowest BCUT2D eigenvalue weighted by atomic mass is 10.2. The van der Waals surface area contributed by atoms with E-state index >= 15 is 0 Å². The Kier molecular flexibility index (Phi) is 6.20. The number of hydrogen-bond acceptors (Lipinski definition) is 6. The van der Waals surface area contributed by atoms with Crippen LogP contribution in [0.15, 0.2) is 36.4 Å². The lowest BCUT2D eigenvalue weighted by Crippen LogP contribution is -2.50. The molecule has 0 radical (unpaired) electrons. The van der Waals surface area contributed by atoms with Gasteiger partial charge in [0.15, 0.2) is 5.82 Å². The van der Waals surface area contributed by atoms with Crippen molar-refractivity contribution < 1.29 is 14.3 Å². The first-order chi connectivity index (χ1) is 15.0. The second-order valence-corrected chi connectivity index (χ2v) is 7.76. The summed E-state index contributed by atoms with van der Waals surface area (Å²) >= 11 is 12.1. The van der Waals surface area contributed by atoms with Crippen molar-refractivity contribution in [3.8, 4) is 11.6 Å². The molecule has 2 heterocycles. The summed E-state index contributed by atoms with van der Waals surface area (Å²) in [5, 5.41) is 3.54. The summed E-state index contributed by atoms with van der Waals surface area (Å²) in [5.74, 6) is 1.24. The maximum absolute atomic E-state index is 12.8. The highest BCUT2D eigenvalue weighted by Crippen LogP contribution is 2.30. The molecule has 3 aromatic rings. The van der Waals surface area contributed by atoms with Crippen molar-refractivity contribution in [2.24, 2.45) is 0 Å². The van der Waals surface area contributed by atoms with Crippen molar-refractivity contribution in [3.05, 3.63) is 46.4 Å². The van der Waals surface area contributed by atoms with Gasteiger partial charge in [-0.15, -0.1) is 0 Å². The van der Waals surface area contributed by atoms with Gasteiger partial charge >= 0.3 is 6.03 Å². The standard InChI is InChI=1S/C21H21Cl2N5O3/c1-30-14-5-3-4-13(10-14)27-6-8-28(9-7-27)21(29)26-19-20(31-2)25-18-12-16(23)15(22)11-17(18)24-19/h3-5,10-12H,6-9H2,1-2H3,(H,24,26,29). The molecule has 0 atom stereocenters. The second kappa shape index (κ2) is 9.03. The van der Waals surface area contributed by atoms with E-state index in [0.29, 0.717) is 47.3 Å². The molecule has 0 bridgehead atoms. The van der Waals surface area contributed by atoms with Gasteiger partial charge < -0.3 is 19.3 Å². The number of nitrogens with one attached hydrogen (secondary N) is 1. The summed E-state index contributed by atoms with van der Waals surface area (Å²) in [6, 6.07) is 10.8.